The molecule has 2 rings (SSSR count). The molecule has 5 heteroatoms. The smallest absolute Gasteiger partial charge is 0.253 e. The Bertz CT molecular complexity index is 599. The number of hydrogen-bond acceptors (Lipinski definition) is 3. The fourth-order valence-corrected chi connectivity index (χ4v) is 2.55. The summed E-state index contributed by atoms with van der Waals surface area (Å²) in [5.41, 5.74) is 1.08. The van der Waals surface area contributed by atoms with Gasteiger partial charge in [-0.1, -0.05) is 18.9 Å². The van der Waals surface area contributed by atoms with Gasteiger partial charge >= 0.3 is 0 Å². The SMILES string of the molecule is C#CCN1CCN(C(=O)c2cccc(C(=O)NCCC)c2)CC1. The van der Waals surface area contributed by atoms with Crippen molar-refractivity contribution < 1.29 is 9.59 Å². The number of amides is 2. The summed E-state index contributed by atoms with van der Waals surface area (Å²) in [6.07, 6.45) is 6.20. The van der Waals surface area contributed by atoms with E-state index in [1.807, 2.05) is 11.8 Å². The standard InChI is InChI=1S/C18H23N3O2/c1-3-8-19-17(22)15-6-5-7-16(14-15)18(23)21-12-10-20(9-4-2)11-13-21/h2,5-7,14H,3,8-13H2,1H3,(H,19,22). The van der Waals surface area contributed by atoms with Crippen LogP contribution in [0.5, 0.6) is 0 Å². The van der Waals surface area contributed by atoms with Gasteiger partial charge in [0.2, 0.25) is 0 Å². The van der Waals surface area contributed by atoms with E-state index in [1.54, 1.807) is 24.3 Å². The highest BCUT2D eigenvalue weighted by atomic mass is 16.2. The molecule has 1 heterocycles. The van der Waals surface area contributed by atoms with Crippen molar-refractivity contribution in [3.8, 4) is 12.3 Å². The van der Waals surface area contributed by atoms with Crippen LogP contribution in [0.3, 0.4) is 0 Å². The predicted molar refractivity (Wildman–Crippen MR) is 90.2 cm³/mol. The number of benzene rings is 1. The molecule has 5 nitrogen and oxygen atoms in total. The van der Waals surface area contributed by atoms with E-state index in [0.29, 0.717) is 37.3 Å². The van der Waals surface area contributed by atoms with Gasteiger partial charge < -0.3 is 10.2 Å². The molecule has 1 aliphatic rings. The first-order valence-corrected chi connectivity index (χ1v) is 7.99. The van der Waals surface area contributed by atoms with Crippen LogP contribution in [0.25, 0.3) is 0 Å². The first-order chi connectivity index (χ1) is 11.2. The third-order valence-electron chi connectivity index (χ3n) is 3.88. The molecular weight excluding hydrogens is 290 g/mol. The molecular formula is C18H23N3O2. The largest absolute Gasteiger partial charge is 0.352 e. The summed E-state index contributed by atoms with van der Waals surface area (Å²) in [5.74, 6) is 2.46. The van der Waals surface area contributed by atoms with Gasteiger partial charge in [0.15, 0.2) is 0 Å². The van der Waals surface area contributed by atoms with Crippen molar-refractivity contribution >= 4 is 11.8 Å². The van der Waals surface area contributed by atoms with Crippen molar-refractivity contribution in [2.24, 2.45) is 0 Å². The van der Waals surface area contributed by atoms with E-state index in [9.17, 15) is 9.59 Å². The minimum atomic E-state index is -0.139. The van der Waals surface area contributed by atoms with Crippen LogP contribution >= 0.6 is 0 Å². The molecule has 0 spiro atoms. The molecule has 0 saturated carbocycles. The van der Waals surface area contributed by atoms with E-state index in [-0.39, 0.29) is 11.8 Å². The lowest BCUT2D eigenvalue weighted by molar-refractivity contribution is 0.0652. The molecule has 23 heavy (non-hydrogen) atoms. The topological polar surface area (TPSA) is 52.7 Å². The van der Waals surface area contributed by atoms with Crippen LogP contribution in [0.2, 0.25) is 0 Å². The summed E-state index contributed by atoms with van der Waals surface area (Å²) in [6.45, 7) is 6.14. The number of carbonyl (C=O) groups is 2. The van der Waals surface area contributed by atoms with Gasteiger partial charge in [-0.05, 0) is 24.6 Å². The summed E-state index contributed by atoms with van der Waals surface area (Å²) in [7, 11) is 0. The Labute approximate surface area is 137 Å². The van der Waals surface area contributed by atoms with E-state index < -0.39 is 0 Å². The quantitative estimate of drug-likeness (QED) is 0.832. The fraction of sp³-hybridized carbons (Fsp3) is 0.444. The van der Waals surface area contributed by atoms with E-state index in [2.05, 4.69) is 16.1 Å². The molecule has 0 radical (unpaired) electrons. The van der Waals surface area contributed by atoms with Crippen molar-refractivity contribution in [1.82, 2.24) is 15.1 Å². The number of hydrogen-bond donors (Lipinski definition) is 1. The van der Waals surface area contributed by atoms with Crippen LogP contribution < -0.4 is 5.32 Å². The molecule has 0 atom stereocenters. The molecule has 0 unspecified atom stereocenters. The van der Waals surface area contributed by atoms with Gasteiger partial charge in [-0.25, -0.2) is 0 Å². The van der Waals surface area contributed by atoms with Gasteiger partial charge in [0.1, 0.15) is 0 Å². The number of terminal acetylenes is 1. The molecule has 1 N–H and O–H groups in total. The fourth-order valence-electron chi connectivity index (χ4n) is 2.55. The maximum absolute atomic E-state index is 12.6. The van der Waals surface area contributed by atoms with E-state index in [4.69, 9.17) is 6.42 Å². The number of nitrogens with one attached hydrogen (secondary N) is 1. The van der Waals surface area contributed by atoms with Crippen molar-refractivity contribution in [3.63, 3.8) is 0 Å². The lowest BCUT2D eigenvalue weighted by Crippen LogP contribution is -2.48. The monoisotopic (exact) mass is 313 g/mol. The Morgan fingerprint density at radius 2 is 1.91 bits per heavy atom. The Kier molecular flexibility index (Phi) is 6.19. The second kappa shape index (κ2) is 8.35. The van der Waals surface area contributed by atoms with Crippen molar-refractivity contribution in [3.05, 3.63) is 35.4 Å². The van der Waals surface area contributed by atoms with Crippen LogP contribution in [0.4, 0.5) is 0 Å². The Balaban J connectivity index is 2.00. The third kappa shape index (κ3) is 4.57. The molecule has 0 aliphatic carbocycles. The lowest BCUT2D eigenvalue weighted by atomic mass is 10.1. The highest BCUT2D eigenvalue weighted by Crippen LogP contribution is 2.11. The molecule has 1 fully saturated rings. The van der Waals surface area contributed by atoms with Crippen LogP contribution in [0, 0.1) is 12.3 Å². The third-order valence-corrected chi connectivity index (χ3v) is 3.88. The summed E-state index contributed by atoms with van der Waals surface area (Å²) in [6, 6.07) is 6.91. The Morgan fingerprint density at radius 3 is 2.57 bits per heavy atom. The zero-order valence-corrected chi connectivity index (χ0v) is 13.5. The van der Waals surface area contributed by atoms with Crippen LogP contribution in [-0.2, 0) is 0 Å². The van der Waals surface area contributed by atoms with Crippen LogP contribution in [0.1, 0.15) is 34.1 Å². The predicted octanol–water partition coefficient (Wildman–Crippen LogP) is 1.22. The van der Waals surface area contributed by atoms with Crippen LogP contribution in [0.15, 0.2) is 24.3 Å². The van der Waals surface area contributed by atoms with Gasteiger partial charge in [-0.15, -0.1) is 6.42 Å². The van der Waals surface area contributed by atoms with Gasteiger partial charge in [-0.2, -0.15) is 0 Å². The summed E-state index contributed by atoms with van der Waals surface area (Å²) in [4.78, 5) is 28.6. The highest BCUT2D eigenvalue weighted by Gasteiger charge is 2.22. The molecule has 122 valence electrons. The summed E-state index contributed by atoms with van der Waals surface area (Å²) < 4.78 is 0. The normalized spacial score (nSPS) is 15.0. The minimum absolute atomic E-state index is 0.0319. The molecule has 1 aliphatic heterocycles. The minimum Gasteiger partial charge on any atom is -0.352 e. The maximum atomic E-state index is 12.6. The second-order valence-electron chi connectivity index (χ2n) is 5.61. The molecule has 0 bridgehead atoms. The maximum Gasteiger partial charge on any atom is 0.253 e. The van der Waals surface area contributed by atoms with E-state index in [0.717, 1.165) is 19.5 Å². The van der Waals surface area contributed by atoms with Gasteiger partial charge in [0.25, 0.3) is 11.8 Å². The molecule has 1 aromatic carbocycles. The molecule has 2 amide bonds. The zero-order valence-electron chi connectivity index (χ0n) is 13.5. The highest BCUT2D eigenvalue weighted by molar-refractivity contribution is 5.99. The van der Waals surface area contributed by atoms with Gasteiger partial charge in [0.05, 0.1) is 6.54 Å². The van der Waals surface area contributed by atoms with Gasteiger partial charge in [0, 0.05) is 43.9 Å². The number of rotatable bonds is 5. The second-order valence-corrected chi connectivity index (χ2v) is 5.61. The summed E-state index contributed by atoms with van der Waals surface area (Å²) in [5, 5.41) is 2.82. The Morgan fingerprint density at radius 1 is 1.22 bits per heavy atom. The number of carbonyl (C=O) groups excluding carboxylic acids is 2. The van der Waals surface area contributed by atoms with Crippen LogP contribution in [-0.4, -0.2) is 60.9 Å². The average Bonchev–Trinajstić information content (AvgIpc) is 2.60. The molecule has 1 saturated heterocycles. The van der Waals surface area contributed by atoms with Crippen molar-refractivity contribution in [2.75, 3.05) is 39.3 Å². The van der Waals surface area contributed by atoms with Crippen molar-refractivity contribution in [1.29, 1.82) is 0 Å². The molecule has 1 aromatic rings. The average molecular weight is 313 g/mol. The van der Waals surface area contributed by atoms with E-state index in [1.165, 1.54) is 0 Å². The first-order valence-electron chi connectivity index (χ1n) is 7.99. The van der Waals surface area contributed by atoms with Gasteiger partial charge in [-0.3, -0.25) is 14.5 Å². The Hall–Kier alpha value is -2.32. The number of piperazine rings is 1. The zero-order chi connectivity index (χ0) is 16.7. The van der Waals surface area contributed by atoms with Crippen molar-refractivity contribution in [2.45, 2.75) is 13.3 Å². The van der Waals surface area contributed by atoms with E-state index >= 15 is 0 Å². The number of nitrogens with zero attached hydrogens (tertiary/aromatic N) is 2. The molecule has 0 aromatic heterocycles. The summed E-state index contributed by atoms with van der Waals surface area (Å²) >= 11 is 0. The first kappa shape index (κ1) is 17.0. The lowest BCUT2D eigenvalue weighted by Gasteiger charge is -2.33.